The van der Waals surface area contributed by atoms with Crippen molar-refractivity contribution in [3.63, 3.8) is 0 Å². The smallest absolute Gasteiger partial charge is 0.305 e. The molecule has 2 rings (SSSR count). The molecule has 0 aromatic carbocycles. The maximum absolute atomic E-state index is 11.1. The van der Waals surface area contributed by atoms with Gasteiger partial charge in [0.15, 0.2) is 5.79 Å². The lowest BCUT2D eigenvalue weighted by Gasteiger charge is -2.31. The molecule has 0 spiro atoms. The van der Waals surface area contributed by atoms with E-state index in [2.05, 4.69) is 23.8 Å². The van der Waals surface area contributed by atoms with Crippen LogP contribution in [-0.4, -0.2) is 54.5 Å². The molecule has 0 aromatic rings. The summed E-state index contributed by atoms with van der Waals surface area (Å²) in [6.45, 7) is 3.46. The standard InChI is InChI=1S/C23H40O6/c1-3-4-9-13-23(28-15-16-29-23)14-12-19-18(20(24)17-21(19)25)10-7-5-6-8-11-22(26)27-2/h5,7,18-21,24-25H,3-4,6,8-17H2,1-2H3/b7-5-/t18?,19-,20+,21+/m1/s1. The molecule has 1 saturated carbocycles. The zero-order valence-electron chi connectivity index (χ0n) is 18.2. The molecular weight excluding hydrogens is 372 g/mol. The molecule has 1 saturated heterocycles. The van der Waals surface area contributed by atoms with E-state index in [-0.39, 0.29) is 17.8 Å². The molecule has 1 unspecified atom stereocenters. The quantitative estimate of drug-likeness (QED) is 0.272. The van der Waals surface area contributed by atoms with Crippen molar-refractivity contribution in [3.8, 4) is 0 Å². The van der Waals surface area contributed by atoms with Gasteiger partial charge >= 0.3 is 5.97 Å². The lowest BCUT2D eigenvalue weighted by atomic mass is 9.85. The topological polar surface area (TPSA) is 85.2 Å². The summed E-state index contributed by atoms with van der Waals surface area (Å²) in [6.07, 6.45) is 12.3. The van der Waals surface area contributed by atoms with Crippen LogP contribution in [0.1, 0.15) is 77.6 Å². The largest absolute Gasteiger partial charge is 0.469 e. The third kappa shape index (κ3) is 7.67. The molecule has 1 heterocycles. The minimum atomic E-state index is -0.503. The number of aliphatic hydroxyl groups is 2. The van der Waals surface area contributed by atoms with Gasteiger partial charge in [-0.25, -0.2) is 0 Å². The number of carbonyl (C=O) groups is 1. The zero-order chi connectivity index (χ0) is 21.1. The number of hydrogen-bond acceptors (Lipinski definition) is 6. The van der Waals surface area contributed by atoms with Crippen molar-refractivity contribution < 1.29 is 29.2 Å². The van der Waals surface area contributed by atoms with Gasteiger partial charge in [-0.15, -0.1) is 0 Å². The van der Waals surface area contributed by atoms with Crippen molar-refractivity contribution in [2.75, 3.05) is 20.3 Å². The van der Waals surface area contributed by atoms with Gasteiger partial charge in [0, 0.05) is 19.3 Å². The number of aliphatic hydroxyl groups excluding tert-OH is 2. The molecule has 2 aliphatic rings. The summed E-state index contributed by atoms with van der Waals surface area (Å²) in [5.74, 6) is -0.579. The predicted octanol–water partition coefficient (Wildman–Crippen LogP) is 3.74. The van der Waals surface area contributed by atoms with Crippen LogP contribution >= 0.6 is 0 Å². The molecule has 6 heteroatoms. The number of allylic oxidation sites excluding steroid dienone is 2. The summed E-state index contributed by atoms with van der Waals surface area (Å²) in [5.41, 5.74) is 0. The molecule has 29 heavy (non-hydrogen) atoms. The molecule has 2 N–H and O–H groups in total. The second-order valence-corrected chi connectivity index (χ2v) is 8.48. The van der Waals surface area contributed by atoms with Crippen molar-refractivity contribution >= 4 is 5.97 Å². The van der Waals surface area contributed by atoms with Gasteiger partial charge in [-0.3, -0.25) is 4.79 Å². The Morgan fingerprint density at radius 1 is 1.07 bits per heavy atom. The average molecular weight is 413 g/mol. The predicted molar refractivity (Wildman–Crippen MR) is 111 cm³/mol. The van der Waals surface area contributed by atoms with Gasteiger partial charge in [0.25, 0.3) is 0 Å². The van der Waals surface area contributed by atoms with E-state index in [0.717, 1.165) is 51.4 Å². The monoisotopic (exact) mass is 412 g/mol. The van der Waals surface area contributed by atoms with Crippen molar-refractivity contribution in [1.82, 2.24) is 0 Å². The molecule has 4 atom stereocenters. The van der Waals surface area contributed by atoms with Crippen LogP contribution in [0.5, 0.6) is 0 Å². The van der Waals surface area contributed by atoms with Gasteiger partial charge in [-0.1, -0.05) is 31.9 Å². The third-order valence-corrected chi connectivity index (χ3v) is 6.41. The number of esters is 1. The SMILES string of the molecule is CCCCCC1(CC[C@@H]2C(C/C=C\CCCC(=O)OC)[C@@H](O)C[C@@H]2O)OCCO1. The van der Waals surface area contributed by atoms with Gasteiger partial charge in [-0.2, -0.15) is 0 Å². The van der Waals surface area contributed by atoms with Crippen molar-refractivity contribution in [3.05, 3.63) is 12.2 Å². The summed E-state index contributed by atoms with van der Waals surface area (Å²) in [5, 5.41) is 21.0. The number of hydrogen-bond donors (Lipinski definition) is 2. The molecule has 1 aliphatic heterocycles. The molecule has 2 fully saturated rings. The van der Waals surface area contributed by atoms with Crippen LogP contribution in [0.15, 0.2) is 12.2 Å². The van der Waals surface area contributed by atoms with Gasteiger partial charge in [-0.05, 0) is 50.4 Å². The average Bonchev–Trinajstić information content (AvgIpc) is 3.27. The summed E-state index contributed by atoms with van der Waals surface area (Å²) in [7, 11) is 1.40. The second-order valence-electron chi connectivity index (χ2n) is 8.48. The summed E-state index contributed by atoms with van der Waals surface area (Å²) >= 11 is 0. The molecule has 168 valence electrons. The van der Waals surface area contributed by atoms with Crippen molar-refractivity contribution in [2.24, 2.45) is 11.8 Å². The number of ether oxygens (including phenoxy) is 3. The van der Waals surface area contributed by atoms with Crippen LogP contribution in [0.25, 0.3) is 0 Å². The molecule has 0 aromatic heterocycles. The first-order valence-corrected chi connectivity index (χ1v) is 11.4. The van der Waals surface area contributed by atoms with Gasteiger partial charge in [0.1, 0.15) is 0 Å². The van der Waals surface area contributed by atoms with Crippen molar-refractivity contribution in [1.29, 1.82) is 0 Å². The van der Waals surface area contributed by atoms with E-state index >= 15 is 0 Å². The van der Waals surface area contributed by atoms with E-state index in [0.29, 0.717) is 26.1 Å². The Morgan fingerprint density at radius 3 is 2.48 bits per heavy atom. The Morgan fingerprint density at radius 2 is 1.79 bits per heavy atom. The highest BCUT2D eigenvalue weighted by atomic mass is 16.7. The Balaban J connectivity index is 1.82. The van der Waals surface area contributed by atoms with Crippen LogP contribution in [0.2, 0.25) is 0 Å². The van der Waals surface area contributed by atoms with Crippen LogP contribution in [0, 0.1) is 11.8 Å². The first-order chi connectivity index (χ1) is 14.0. The molecule has 6 nitrogen and oxygen atoms in total. The Bertz CT molecular complexity index is 500. The molecule has 0 bridgehead atoms. The minimum Gasteiger partial charge on any atom is -0.469 e. The number of methoxy groups -OCH3 is 1. The van der Waals surface area contributed by atoms with Crippen LogP contribution in [0.4, 0.5) is 0 Å². The molecule has 0 amide bonds. The highest BCUT2D eigenvalue weighted by molar-refractivity contribution is 5.69. The molecular formula is C23H40O6. The molecule has 0 radical (unpaired) electrons. The van der Waals surface area contributed by atoms with Gasteiger partial charge in [0.2, 0.25) is 0 Å². The fourth-order valence-corrected chi connectivity index (χ4v) is 4.69. The lowest BCUT2D eigenvalue weighted by Crippen LogP contribution is -2.33. The zero-order valence-corrected chi connectivity index (χ0v) is 18.2. The van der Waals surface area contributed by atoms with Crippen LogP contribution in [-0.2, 0) is 19.0 Å². The number of unbranched alkanes of at least 4 members (excludes halogenated alkanes) is 3. The van der Waals surface area contributed by atoms with Crippen LogP contribution in [0.3, 0.4) is 0 Å². The minimum absolute atomic E-state index is 0.0518. The van der Waals surface area contributed by atoms with Gasteiger partial charge < -0.3 is 24.4 Å². The number of rotatable bonds is 13. The van der Waals surface area contributed by atoms with E-state index in [1.54, 1.807) is 0 Å². The normalized spacial score (nSPS) is 29.0. The first kappa shape index (κ1) is 24.3. The summed E-state index contributed by atoms with van der Waals surface area (Å²) < 4.78 is 16.6. The number of carbonyl (C=O) groups excluding carboxylic acids is 1. The van der Waals surface area contributed by atoms with Gasteiger partial charge in [0.05, 0.1) is 32.5 Å². The van der Waals surface area contributed by atoms with E-state index < -0.39 is 18.0 Å². The Labute approximate surface area is 175 Å². The van der Waals surface area contributed by atoms with E-state index in [4.69, 9.17) is 9.47 Å². The fraction of sp³-hybridized carbons (Fsp3) is 0.870. The van der Waals surface area contributed by atoms with E-state index in [1.165, 1.54) is 13.5 Å². The van der Waals surface area contributed by atoms with Crippen LogP contribution < -0.4 is 0 Å². The molecule has 1 aliphatic carbocycles. The Kier molecular flexibility index (Phi) is 10.6. The lowest BCUT2D eigenvalue weighted by molar-refractivity contribution is -0.171. The summed E-state index contributed by atoms with van der Waals surface area (Å²) in [4.78, 5) is 11.1. The Hall–Kier alpha value is -0.950. The van der Waals surface area contributed by atoms with E-state index in [1.807, 2.05) is 0 Å². The maximum atomic E-state index is 11.1. The first-order valence-electron chi connectivity index (χ1n) is 11.4. The summed E-state index contributed by atoms with van der Waals surface area (Å²) in [6, 6.07) is 0. The third-order valence-electron chi connectivity index (χ3n) is 6.41. The van der Waals surface area contributed by atoms with E-state index in [9.17, 15) is 15.0 Å². The second kappa shape index (κ2) is 12.7. The highest BCUT2D eigenvalue weighted by Crippen LogP contribution is 2.41. The highest BCUT2D eigenvalue weighted by Gasteiger charge is 2.43. The maximum Gasteiger partial charge on any atom is 0.305 e. The van der Waals surface area contributed by atoms with Crippen molar-refractivity contribution in [2.45, 2.75) is 95.5 Å². The fourth-order valence-electron chi connectivity index (χ4n) is 4.69.